The standard InChI is InChI=1S/C26H28FNO4/c1-2-3-4-5-6-7-8-9-10-11-25(29)31-22-15-12-20(13-16-22)26(30)32-23-17-14-21(19-28)24(27)18-23/h10-18H,2-9H2,1H3. The van der Waals surface area contributed by atoms with Gasteiger partial charge in [0.25, 0.3) is 0 Å². The van der Waals surface area contributed by atoms with Crippen LogP contribution < -0.4 is 9.47 Å². The molecule has 2 aromatic rings. The van der Waals surface area contributed by atoms with Crippen molar-refractivity contribution in [1.29, 1.82) is 5.26 Å². The molecule has 0 unspecified atom stereocenters. The predicted octanol–water partition coefficient (Wildman–Crippen LogP) is 6.52. The maximum atomic E-state index is 13.6. The van der Waals surface area contributed by atoms with Crippen LogP contribution in [0.2, 0.25) is 0 Å². The number of halogens is 1. The maximum absolute atomic E-state index is 13.6. The van der Waals surface area contributed by atoms with Crippen LogP contribution in [-0.2, 0) is 4.79 Å². The summed E-state index contributed by atoms with van der Waals surface area (Å²) in [5.74, 6) is -1.64. The van der Waals surface area contributed by atoms with Crippen molar-refractivity contribution in [2.24, 2.45) is 0 Å². The van der Waals surface area contributed by atoms with Crippen LogP contribution >= 0.6 is 0 Å². The molecular weight excluding hydrogens is 409 g/mol. The summed E-state index contributed by atoms with van der Waals surface area (Å²) in [6.07, 6.45) is 12.6. The van der Waals surface area contributed by atoms with E-state index >= 15 is 0 Å². The molecular formula is C26H28FNO4. The van der Waals surface area contributed by atoms with Gasteiger partial charge in [-0.3, -0.25) is 0 Å². The van der Waals surface area contributed by atoms with Crippen molar-refractivity contribution in [3.63, 3.8) is 0 Å². The average Bonchev–Trinajstić information content (AvgIpc) is 2.78. The second-order valence-electron chi connectivity index (χ2n) is 7.40. The Hall–Kier alpha value is -3.46. The Morgan fingerprint density at radius 2 is 1.59 bits per heavy atom. The lowest BCUT2D eigenvalue weighted by Crippen LogP contribution is -2.09. The molecule has 5 nitrogen and oxygen atoms in total. The van der Waals surface area contributed by atoms with E-state index in [2.05, 4.69) is 6.92 Å². The van der Waals surface area contributed by atoms with Crippen molar-refractivity contribution < 1.29 is 23.5 Å². The number of unbranched alkanes of at least 4 members (excludes halogenated alkanes) is 7. The molecule has 0 heterocycles. The lowest BCUT2D eigenvalue weighted by Gasteiger charge is -2.06. The van der Waals surface area contributed by atoms with E-state index in [1.807, 2.05) is 6.08 Å². The summed E-state index contributed by atoms with van der Waals surface area (Å²) < 4.78 is 23.9. The van der Waals surface area contributed by atoms with Gasteiger partial charge in [-0.2, -0.15) is 5.26 Å². The van der Waals surface area contributed by atoms with Crippen molar-refractivity contribution in [2.75, 3.05) is 0 Å². The number of benzene rings is 2. The summed E-state index contributed by atoms with van der Waals surface area (Å²) in [4.78, 5) is 24.1. The minimum absolute atomic E-state index is 0.00639. The smallest absolute Gasteiger partial charge is 0.343 e. The third-order valence-corrected chi connectivity index (χ3v) is 4.81. The van der Waals surface area contributed by atoms with Crippen molar-refractivity contribution in [1.82, 2.24) is 0 Å². The molecule has 0 saturated heterocycles. The van der Waals surface area contributed by atoms with Gasteiger partial charge in [-0.1, -0.05) is 51.5 Å². The molecule has 0 spiro atoms. The molecule has 0 atom stereocenters. The number of hydrogen-bond acceptors (Lipinski definition) is 5. The van der Waals surface area contributed by atoms with Gasteiger partial charge in [0, 0.05) is 12.1 Å². The molecule has 0 aliphatic rings. The maximum Gasteiger partial charge on any atom is 0.343 e. The van der Waals surface area contributed by atoms with Crippen molar-refractivity contribution >= 4 is 11.9 Å². The topological polar surface area (TPSA) is 76.4 Å². The SMILES string of the molecule is CCCCCCCCCC=CC(=O)Oc1ccc(C(=O)Oc2ccc(C#N)c(F)c2)cc1. The molecule has 2 aromatic carbocycles. The molecule has 0 radical (unpaired) electrons. The second-order valence-corrected chi connectivity index (χ2v) is 7.40. The van der Waals surface area contributed by atoms with Crippen molar-refractivity contribution in [2.45, 2.75) is 58.3 Å². The zero-order chi connectivity index (χ0) is 23.2. The van der Waals surface area contributed by atoms with E-state index < -0.39 is 17.8 Å². The molecule has 168 valence electrons. The minimum atomic E-state index is -0.764. The zero-order valence-corrected chi connectivity index (χ0v) is 18.3. The van der Waals surface area contributed by atoms with Crippen LogP contribution in [0.5, 0.6) is 11.5 Å². The van der Waals surface area contributed by atoms with Gasteiger partial charge >= 0.3 is 11.9 Å². The fourth-order valence-corrected chi connectivity index (χ4v) is 3.02. The van der Waals surface area contributed by atoms with E-state index in [0.717, 1.165) is 25.3 Å². The van der Waals surface area contributed by atoms with Crippen LogP contribution in [0.15, 0.2) is 54.6 Å². The lowest BCUT2D eigenvalue weighted by atomic mass is 10.1. The summed E-state index contributed by atoms with van der Waals surface area (Å²) in [5.41, 5.74) is 0.0801. The van der Waals surface area contributed by atoms with Crippen molar-refractivity contribution in [3.05, 3.63) is 71.6 Å². The largest absolute Gasteiger partial charge is 0.423 e. The minimum Gasteiger partial charge on any atom is -0.423 e. The van der Waals surface area contributed by atoms with Gasteiger partial charge in [0.15, 0.2) is 0 Å². The van der Waals surface area contributed by atoms with Gasteiger partial charge < -0.3 is 9.47 Å². The summed E-state index contributed by atoms with van der Waals surface area (Å²) in [7, 11) is 0. The number of nitrogens with zero attached hydrogens (tertiary/aromatic N) is 1. The van der Waals surface area contributed by atoms with Crippen LogP contribution in [-0.4, -0.2) is 11.9 Å². The first kappa shape index (κ1) is 24.8. The number of hydrogen-bond donors (Lipinski definition) is 0. The highest BCUT2D eigenvalue weighted by Gasteiger charge is 2.11. The Balaban J connectivity index is 1.74. The molecule has 0 fully saturated rings. The number of nitriles is 1. The molecule has 0 aliphatic carbocycles. The van der Waals surface area contributed by atoms with Gasteiger partial charge in [-0.05, 0) is 49.2 Å². The van der Waals surface area contributed by atoms with Crippen LogP contribution in [0.3, 0.4) is 0 Å². The third kappa shape index (κ3) is 8.73. The Bertz CT molecular complexity index is 961. The number of esters is 2. The molecule has 0 aliphatic heterocycles. The summed E-state index contributed by atoms with van der Waals surface area (Å²) in [6.45, 7) is 2.20. The summed E-state index contributed by atoms with van der Waals surface area (Å²) >= 11 is 0. The molecule has 0 saturated carbocycles. The number of allylic oxidation sites excluding steroid dienone is 1. The van der Waals surface area contributed by atoms with Crippen LogP contribution in [0.4, 0.5) is 4.39 Å². The molecule has 32 heavy (non-hydrogen) atoms. The van der Waals surface area contributed by atoms with E-state index in [0.29, 0.717) is 5.75 Å². The van der Waals surface area contributed by atoms with E-state index in [1.165, 1.54) is 74.6 Å². The van der Waals surface area contributed by atoms with Crippen LogP contribution in [0, 0.1) is 17.1 Å². The summed E-state index contributed by atoms with van der Waals surface area (Å²) in [5, 5.41) is 8.74. The van der Waals surface area contributed by atoms with E-state index in [1.54, 1.807) is 6.07 Å². The molecule has 0 aromatic heterocycles. The van der Waals surface area contributed by atoms with Gasteiger partial charge in [0.2, 0.25) is 0 Å². The first-order valence-corrected chi connectivity index (χ1v) is 10.9. The van der Waals surface area contributed by atoms with E-state index in [4.69, 9.17) is 14.7 Å². The van der Waals surface area contributed by atoms with Gasteiger partial charge in [0.1, 0.15) is 23.4 Å². The lowest BCUT2D eigenvalue weighted by molar-refractivity contribution is -0.129. The first-order valence-electron chi connectivity index (χ1n) is 10.9. The highest BCUT2D eigenvalue weighted by molar-refractivity contribution is 5.91. The van der Waals surface area contributed by atoms with Crippen LogP contribution in [0.25, 0.3) is 0 Å². The Morgan fingerprint density at radius 3 is 2.25 bits per heavy atom. The predicted molar refractivity (Wildman–Crippen MR) is 120 cm³/mol. The number of ether oxygens (including phenoxy) is 2. The third-order valence-electron chi connectivity index (χ3n) is 4.81. The molecule has 0 N–H and O–H groups in total. The molecule has 6 heteroatoms. The van der Waals surface area contributed by atoms with Crippen LogP contribution in [0.1, 0.15) is 74.2 Å². The van der Waals surface area contributed by atoms with Gasteiger partial charge in [-0.15, -0.1) is 0 Å². The fourth-order valence-electron chi connectivity index (χ4n) is 3.02. The van der Waals surface area contributed by atoms with E-state index in [-0.39, 0.29) is 16.9 Å². The average molecular weight is 438 g/mol. The van der Waals surface area contributed by atoms with Gasteiger partial charge in [-0.25, -0.2) is 14.0 Å². The normalized spacial score (nSPS) is 10.7. The first-order chi connectivity index (χ1) is 15.5. The molecule has 0 amide bonds. The second kappa shape index (κ2) is 13.8. The zero-order valence-electron chi connectivity index (χ0n) is 18.3. The Labute approximate surface area is 188 Å². The Kier molecular flexibility index (Phi) is 10.7. The number of carbonyl (C=O) groups is 2. The fraction of sp³-hybridized carbons (Fsp3) is 0.346. The number of rotatable bonds is 12. The van der Waals surface area contributed by atoms with E-state index in [9.17, 15) is 14.0 Å². The van der Waals surface area contributed by atoms with Crippen molar-refractivity contribution in [3.8, 4) is 17.6 Å². The molecule has 2 rings (SSSR count). The monoisotopic (exact) mass is 437 g/mol. The summed E-state index contributed by atoms with van der Waals surface area (Å²) in [6, 6.07) is 11.1. The quantitative estimate of drug-likeness (QED) is 0.163. The number of carbonyl (C=O) groups excluding carboxylic acids is 2. The highest BCUT2D eigenvalue weighted by Crippen LogP contribution is 2.19. The highest BCUT2D eigenvalue weighted by atomic mass is 19.1. The molecule has 0 bridgehead atoms. The Morgan fingerprint density at radius 1 is 0.938 bits per heavy atom. The van der Waals surface area contributed by atoms with Gasteiger partial charge in [0.05, 0.1) is 11.1 Å².